The molecular weight excluding hydrogens is 1030 g/mol. The summed E-state index contributed by atoms with van der Waals surface area (Å²) in [7, 11) is 8.54. The van der Waals surface area contributed by atoms with Crippen LogP contribution in [0.3, 0.4) is 0 Å². The van der Waals surface area contributed by atoms with Gasteiger partial charge in [-0.2, -0.15) is 0 Å². The summed E-state index contributed by atoms with van der Waals surface area (Å²) in [6.07, 6.45) is 19.0. The number of esters is 1. The van der Waals surface area contributed by atoms with Gasteiger partial charge in [0.1, 0.15) is 23.1 Å². The van der Waals surface area contributed by atoms with Crippen molar-refractivity contribution in [2.45, 2.75) is 280 Å². The number of carbonyl (C=O) groups excluding carboxylic acids is 1. The standard InChI is InChI=1S/C68H115N3O9P/c1-15-61-67(8,75)44-48(3)71(38-28-16-17-29-39-81(53-30-20-18-21-31-53,54-32-22-19-23-33-54)60-37-27-25-35-56(60)55-34-24-26-36-58(55)70(12)13)46-47(2)43-66(7,74)62(79-63-41-52(69(10)11)40-49(4)77-63)42-57(50(5)65(73)80-61)59-45-68(9,76-14)64(72)51(6)78-59/h24-27,34-37,47-54,57,59,61-64,72,74-75H,15-23,28-33,38-46H2,1-14H3/q+1/t47-,48-,49-,50-,51+,52+,57?,59-,61-,62-,63+,64+,66-,67+,68-/m1/s1. The molecule has 12 nitrogen and oxygen atoms in total. The molecule has 2 saturated carbocycles. The van der Waals surface area contributed by atoms with Gasteiger partial charge in [-0.1, -0.05) is 76.4 Å². The monoisotopic (exact) mass is 1150 g/mol. The maximum absolute atomic E-state index is 14.8. The zero-order chi connectivity index (χ0) is 58.9. The lowest BCUT2D eigenvalue weighted by molar-refractivity contribution is -0.263. The average Bonchev–Trinajstić information content (AvgIpc) is 3.02. The van der Waals surface area contributed by atoms with E-state index in [1.807, 2.05) is 41.5 Å². The second-order valence-corrected chi connectivity index (χ2v) is 32.1. The van der Waals surface area contributed by atoms with Crippen molar-refractivity contribution in [2.24, 2.45) is 17.8 Å². The van der Waals surface area contributed by atoms with Crippen LogP contribution in [-0.4, -0.2) is 169 Å². The zero-order valence-electron chi connectivity index (χ0n) is 53.3. The quantitative estimate of drug-likeness (QED) is 0.0745. The Morgan fingerprint density at radius 3 is 1.98 bits per heavy atom. The van der Waals surface area contributed by atoms with Crippen LogP contribution in [0.15, 0.2) is 48.5 Å². The Hall–Kier alpha value is -2.22. The highest BCUT2D eigenvalue weighted by atomic mass is 31.2. The smallest absolute Gasteiger partial charge is 0.309 e. The van der Waals surface area contributed by atoms with Crippen LogP contribution < -0.4 is 10.2 Å². The largest absolute Gasteiger partial charge is 0.459 e. The minimum Gasteiger partial charge on any atom is -0.459 e. The highest BCUT2D eigenvalue weighted by molar-refractivity contribution is 7.84. The Bertz CT molecular complexity index is 2220. The lowest BCUT2D eigenvalue weighted by Crippen LogP contribution is -2.59. The lowest BCUT2D eigenvalue weighted by Gasteiger charge is -2.49. The summed E-state index contributed by atoms with van der Waals surface area (Å²) < 4.78 is 32.9. The Balaban J connectivity index is 1.15. The maximum Gasteiger partial charge on any atom is 0.309 e. The summed E-state index contributed by atoms with van der Waals surface area (Å²) in [5.41, 5.74) is 2.15. The predicted octanol–water partition coefficient (Wildman–Crippen LogP) is 12.7. The van der Waals surface area contributed by atoms with Gasteiger partial charge < -0.3 is 53.7 Å². The second kappa shape index (κ2) is 29.4. The molecule has 0 spiro atoms. The normalized spacial score (nSPS) is 36.2. The number of aliphatic hydroxyl groups is 3. The van der Waals surface area contributed by atoms with E-state index in [2.05, 4.69) is 112 Å². The van der Waals surface area contributed by atoms with Crippen molar-refractivity contribution in [3.8, 4) is 11.1 Å². The summed E-state index contributed by atoms with van der Waals surface area (Å²) in [5, 5.41) is 38.7. The second-order valence-electron chi connectivity index (χ2n) is 27.8. The van der Waals surface area contributed by atoms with E-state index in [9.17, 15) is 20.1 Å². The van der Waals surface area contributed by atoms with Gasteiger partial charge in [0.25, 0.3) is 0 Å². The first-order valence-electron chi connectivity index (χ1n) is 32.4. The number of cyclic esters (lactones) is 1. The molecular formula is C68H115N3O9P+. The summed E-state index contributed by atoms with van der Waals surface area (Å²) >= 11 is 0. The van der Waals surface area contributed by atoms with Crippen LogP contribution in [0.1, 0.15) is 197 Å². The van der Waals surface area contributed by atoms with E-state index in [-0.39, 0.29) is 30.5 Å². The molecule has 13 heteroatoms. The number of nitrogens with zero attached hydrogens (tertiary/aromatic N) is 3. The molecule has 460 valence electrons. The molecule has 2 aliphatic carbocycles. The van der Waals surface area contributed by atoms with Crippen LogP contribution in [0.5, 0.6) is 0 Å². The van der Waals surface area contributed by atoms with Gasteiger partial charge in [-0.3, -0.25) is 4.79 Å². The van der Waals surface area contributed by atoms with Crippen molar-refractivity contribution >= 4 is 24.2 Å². The number of rotatable bonds is 18. The molecule has 5 aliphatic rings. The molecule has 3 N–H and O–H groups in total. The maximum atomic E-state index is 14.8. The van der Waals surface area contributed by atoms with Gasteiger partial charge >= 0.3 is 5.97 Å². The van der Waals surface area contributed by atoms with Crippen molar-refractivity contribution in [3.63, 3.8) is 0 Å². The van der Waals surface area contributed by atoms with E-state index in [4.69, 9.17) is 23.7 Å². The van der Waals surface area contributed by atoms with Crippen molar-refractivity contribution in [1.29, 1.82) is 0 Å². The van der Waals surface area contributed by atoms with Gasteiger partial charge in [0.05, 0.1) is 66.3 Å². The molecule has 7 rings (SSSR count). The number of ether oxygens (including phenoxy) is 5. The molecule has 3 aliphatic heterocycles. The van der Waals surface area contributed by atoms with Gasteiger partial charge in [-0.05, 0) is 183 Å². The first kappa shape index (κ1) is 66.3. The summed E-state index contributed by atoms with van der Waals surface area (Å²) in [5.74, 6) is -1.59. The Labute approximate surface area is 492 Å². The number of anilines is 1. The lowest BCUT2D eigenvalue weighted by atomic mass is 9.73. The average molecular weight is 1150 g/mol. The fraction of sp³-hybridized carbons (Fsp3) is 0.809. The van der Waals surface area contributed by atoms with Crippen molar-refractivity contribution in [1.82, 2.24) is 9.80 Å². The fourth-order valence-corrected chi connectivity index (χ4v) is 22.9. The molecule has 3 saturated heterocycles. The number of aliphatic hydroxyl groups excluding tert-OH is 1. The molecule has 81 heavy (non-hydrogen) atoms. The van der Waals surface area contributed by atoms with Crippen LogP contribution >= 0.6 is 7.26 Å². The van der Waals surface area contributed by atoms with Crippen LogP contribution in [0, 0.1) is 17.8 Å². The number of methoxy groups -OCH3 is 1. The third kappa shape index (κ3) is 16.3. The minimum absolute atomic E-state index is 0.0319. The van der Waals surface area contributed by atoms with Gasteiger partial charge in [0.15, 0.2) is 6.29 Å². The van der Waals surface area contributed by atoms with Crippen molar-refractivity contribution < 1.29 is 43.8 Å². The van der Waals surface area contributed by atoms with Crippen LogP contribution in [-0.2, 0) is 28.5 Å². The van der Waals surface area contributed by atoms with E-state index >= 15 is 0 Å². The van der Waals surface area contributed by atoms with E-state index in [1.165, 1.54) is 100 Å². The number of unbranched alkanes of at least 4 members (excludes halogenated alkanes) is 3. The van der Waals surface area contributed by atoms with Crippen LogP contribution in [0.25, 0.3) is 11.1 Å². The van der Waals surface area contributed by atoms with Gasteiger partial charge in [-0.25, -0.2) is 0 Å². The highest BCUT2D eigenvalue weighted by Crippen LogP contribution is 2.72. The van der Waals surface area contributed by atoms with Crippen molar-refractivity contribution in [2.75, 3.05) is 59.5 Å². The summed E-state index contributed by atoms with van der Waals surface area (Å²) in [6.45, 7) is 19.5. The molecule has 0 bridgehead atoms. The summed E-state index contributed by atoms with van der Waals surface area (Å²) in [4.78, 5) is 21.9. The Morgan fingerprint density at radius 1 is 0.741 bits per heavy atom. The first-order valence-corrected chi connectivity index (χ1v) is 34.5. The fourth-order valence-electron chi connectivity index (χ4n) is 16.2. The number of carbonyl (C=O) groups is 1. The highest BCUT2D eigenvalue weighted by Gasteiger charge is 2.55. The summed E-state index contributed by atoms with van der Waals surface area (Å²) in [6, 6.07) is 19.0. The van der Waals surface area contributed by atoms with E-state index in [0.717, 1.165) is 43.7 Å². The number of para-hydroxylation sites is 1. The molecule has 15 atom stereocenters. The van der Waals surface area contributed by atoms with Gasteiger partial charge in [-0.15, -0.1) is 0 Å². The number of benzene rings is 2. The third-order valence-corrected chi connectivity index (χ3v) is 26.9. The first-order chi connectivity index (χ1) is 38.4. The molecule has 0 amide bonds. The molecule has 5 fully saturated rings. The van der Waals surface area contributed by atoms with Crippen LogP contribution in [0.2, 0.25) is 0 Å². The third-order valence-electron chi connectivity index (χ3n) is 20.9. The van der Waals surface area contributed by atoms with E-state index < -0.39 is 78.7 Å². The SMILES string of the molecule is CC[C@H]1OC(=O)[C@H](C)C([C@H]2C[C@@](C)(OC)[C@@H](O)[C@H](C)O2)C[C@@H](O[C@H]2C[C@@H](N(C)C)C[C@@H](C)O2)[C@](C)(O)C[C@@H](C)CN(CCCCCC[P+](c2ccccc2-c2ccccc2N(C)C)(C2CCCCC2)C2CCCCC2)[C@H](C)C[C@]1(C)O. The number of hydrogen-bond acceptors (Lipinski definition) is 12. The molecule has 3 heterocycles. The molecule has 2 aromatic rings. The van der Waals surface area contributed by atoms with Gasteiger partial charge in [0.2, 0.25) is 0 Å². The minimum atomic E-state index is -1.64. The zero-order valence-corrected chi connectivity index (χ0v) is 54.1. The van der Waals surface area contributed by atoms with Crippen LogP contribution in [0.4, 0.5) is 5.69 Å². The topological polar surface area (TPSA) is 134 Å². The number of hydrogen-bond donors (Lipinski definition) is 3. The Kier molecular flexibility index (Phi) is 24.1. The predicted molar refractivity (Wildman–Crippen MR) is 334 cm³/mol. The molecule has 0 aromatic heterocycles. The Morgan fingerprint density at radius 2 is 1.36 bits per heavy atom. The molecule has 2 aromatic carbocycles. The van der Waals surface area contributed by atoms with E-state index in [1.54, 1.807) is 12.4 Å². The van der Waals surface area contributed by atoms with Crippen molar-refractivity contribution in [3.05, 3.63) is 48.5 Å². The molecule has 1 unspecified atom stereocenters. The molecule has 0 radical (unpaired) electrons. The van der Waals surface area contributed by atoms with E-state index in [0.29, 0.717) is 32.1 Å². The van der Waals surface area contributed by atoms with Gasteiger partial charge in [0, 0.05) is 75.4 Å².